The molecule has 2 heterocycles. The van der Waals surface area contributed by atoms with E-state index in [0.29, 0.717) is 54.7 Å². The summed E-state index contributed by atoms with van der Waals surface area (Å²) in [5, 5.41) is 3.92. The quantitative estimate of drug-likeness (QED) is 0.517. The molecule has 174 valence electrons. The van der Waals surface area contributed by atoms with Gasteiger partial charge in [0, 0.05) is 51.1 Å². The van der Waals surface area contributed by atoms with Gasteiger partial charge in [-0.3, -0.25) is 9.69 Å². The van der Waals surface area contributed by atoms with Gasteiger partial charge in [-0.15, -0.1) is 0 Å². The number of amides is 1. The molecule has 0 aliphatic carbocycles. The summed E-state index contributed by atoms with van der Waals surface area (Å²) < 4.78 is 29.0. The van der Waals surface area contributed by atoms with E-state index in [1.54, 1.807) is 26.4 Å². The molecule has 9 heteroatoms. The lowest BCUT2D eigenvalue weighted by Crippen LogP contribution is -2.48. The number of carbonyl (C=O) groups excluding carboxylic acids is 1. The van der Waals surface area contributed by atoms with Crippen molar-refractivity contribution in [3.8, 4) is 22.9 Å². The zero-order chi connectivity index (χ0) is 23.2. The van der Waals surface area contributed by atoms with Gasteiger partial charge >= 0.3 is 0 Å². The van der Waals surface area contributed by atoms with E-state index in [-0.39, 0.29) is 11.7 Å². The monoisotopic (exact) mass is 454 g/mol. The lowest BCUT2D eigenvalue weighted by atomic mass is 10.1. The van der Waals surface area contributed by atoms with Crippen molar-refractivity contribution in [1.82, 2.24) is 19.9 Å². The maximum atomic E-state index is 13.1. The summed E-state index contributed by atoms with van der Waals surface area (Å²) >= 11 is 0. The van der Waals surface area contributed by atoms with E-state index < -0.39 is 0 Å². The van der Waals surface area contributed by atoms with Crippen LogP contribution >= 0.6 is 0 Å². The van der Waals surface area contributed by atoms with Crippen LogP contribution in [0.15, 0.2) is 47.0 Å². The van der Waals surface area contributed by atoms with Crippen LogP contribution < -0.4 is 9.47 Å². The number of halogens is 1. The molecule has 8 nitrogen and oxygen atoms in total. The average Bonchev–Trinajstić information content (AvgIpc) is 3.32. The molecular formula is C24H27FN4O4. The van der Waals surface area contributed by atoms with Crippen molar-refractivity contribution in [3.05, 3.63) is 59.7 Å². The molecule has 1 aliphatic heterocycles. The second-order valence-corrected chi connectivity index (χ2v) is 7.86. The predicted octanol–water partition coefficient (Wildman–Crippen LogP) is 3.17. The highest BCUT2D eigenvalue weighted by Gasteiger charge is 2.22. The summed E-state index contributed by atoms with van der Waals surface area (Å²) in [5.41, 5.74) is 1.81. The molecule has 0 unspecified atom stereocenters. The summed E-state index contributed by atoms with van der Waals surface area (Å²) in [5.74, 6) is 1.96. The Morgan fingerprint density at radius 2 is 1.76 bits per heavy atom. The molecule has 0 bridgehead atoms. The van der Waals surface area contributed by atoms with Gasteiger partial charge in [0.2, 0.25) is 17.6 Å². The van der Waals surface area contributed by atoms with Gasteiger partial charge in [-0.05, 0) is 42.0 Å². The first kappa shape index (κ1) is 22.7. The van der Waals surface area contributed by atoms with Gasteiger partial charge in [-0.1, -0.05) is 11.2 Å². The smallest absolute Gasteiger partial charge is 0.227 e. The van der Waals surface area contributed by atoms with Gasteiger partial charge in [0.05, 0.1) is 14.2 Å². The lowest BCUT2D eigenvalue weighted by molar-refractivity contribution is -0.133. The second-order valence-electron chi connectivity index (χ2n) is 7.86. The van der Waals surface area contributed by atoms with Crippen LogP contribution in [0.5, 0.6) is 11.5 Å². The van der Waals surface area contributed by atoms with Crippen molar-refractivity contribution in [2.45, 2.75) is 19.4 Å². The molecular weight excluding hydrogens is 427 g/mol. The van der Waals surface area contributed by atoms with E-state index in [9.17, 15) is 9.18 Å². The number of nitrogens with zero attached hydrogens (tertiary/aromatic N) is 4. The van der Waals surface area contributed by atoms with Crippen LogP contribution in [0.3, 0.4) is 0 Å². The number of hydrogen-bond donors (Lipinski definition) is 0. The van der Waals surface area contributed by atoms with Crippen LogP contribution in [-0.4, -0.2) is 66.2 Å². The van der Waals surface area contributed by atoms with E-state index in [2.05, 4.69) is 15.0 Å². The Labute approximate surface area is 191 Å². The van der Waals surface area contributed by atoms with Gasteiger partial charge in [-0.2, -0.15) is 4.98 Å². The number of rotatable bonds is 8. The minimum Gasteiger partial charge on any atom is -0.493 e. The molecule has 0 atom stereocenters. The van der Waals surface area contributed by atoms with Gasteiger partial charge in [0.1, 0.15) is 5.82 Å². The highest BCUT2D eigenvalue weighted by molar-refractivity contribution is 5.76. The first-order valence-corrected chi connectivity index (χ1v) is 10.9. The maximum Gasteiger partial charge on any atom is 0.227 e. The van der Waals surface area contributed by atoms with Crippen LogP contribution in [0.4, 0.5) is 4.39 Å². The summed E-state index contributed by atoms with van der Waals surface area (Å²) in [6, 6.07) is 11.8. The molecule has 1 aromatic heterocycles. The fourth-order valence-corrected chi connectivity index (χ4v) is 3.84. The molecule has 4 rings (SSSR count). The average molecular weight is 455 g/mol. The van der Waals surface area contributed by atoms with Crippen molar-refractivity contribution < 1.29 is 23.2 Å². The zero-order valence-electron chi connectivity index (χ0n) is 18.8. The van der Waals surface area contributed by atoms with Gasteiger partial charge in [0.25, 0.3) is 0 Å². The Morgan fingerprint density at radius 3 is 2.45 bits per heavy atom. The third-order valence-corrected chi connectivity index (χ3v) is 5.70. The molecule has 0 radical (unpaired) electrons. The summed E-state index contributed by atoms with van der Waals surface area (Å²) in [6.45, 7) is 3.74. The fourth-order valence-electron chi connectivity index (χ4n) is 3.84. The molecule has 1 amide bonds. The Bertz CT molecular complexity index is 1080. The van der Waals surface area contributed by atoms with Crippen LogP contribution in [0, 0.1) is 5.82 Å². The number of aromatic nitrogens is 2. The number of aryl methyl sites for hydroxylation is 1. The van der Waals surface area contributed by atoms with Crippen molar-refractivity contribution in [2.24, 2.45) is 0 Å². The van der Waals surface area contributed by atoms with Crippen molar-refractivity contribution in [3.63, 3.8) is 0 Å². The van der Waals surface area contributed by atoms with Crippen LogP contribution in [0.2, 0.25) is 0 Å². The van der Waals surface area contributed by atoms with E-state index in [0.717, 1.165) is 25.2 Å². The van der Waals surface area contributed by atoms with Crippen LogP contribution in [0.1, 0.15) is 17.9 Å². The minimum absolute atomic E-state index is 0.0716. The second kappa shape index (κ2) is 10.4. The van der Waals surface area contributed by atoms with E-state index in [4.69, 9.17) is 14.0 Å². The van der Waals surface area contributed by atoms with Gasteiger partial charge < -0.3 is 18.9 Å². The largest absolute Gasteiger partial charge is 0.493 e. The predicted molar refractivity (Wildman–Crippen MR) is 119 cm³/mol. The third kappa shape index (κ3) is 5.67. The number of ether oxygens (including phenoxy) is 2. The Hall–Kier alpha value is -3.46. The molecule has 2 aromatic carbocycles. The first-order valence-electron chi connectivity index (χ1n) is 10.9. The lowest BCUT2D eigenvalue weighted by Gasteiger charge is -2.34. The Kier molecular flexibility index (Phi) is 7.19. The molecule has 3 aromatic rings. The van der Waals surface area contributed by atoms with E-state index in [1.807, 2.05) is 23.1 Å². The number of carbonyl (C=O) groups is 1. The number of hydrogen-bond acceptors (Lipinski definition) is 7. The molecule has 33 heavy (non-hydrogen) atoms. The fraction of sp³-hybridized carbons (Fsp3) is 0.375. The van der Waals surface area contributed by atoms with Gasteiger partial charge in [-0.25, -0.2) is 4.39 Å². The number of methoxy groups -OCH3 is 2. The van der Waals surface area contributed by atoms with Crippen molar-refractivity contribution in [1.29, 1.82) is 0 Å². The molecule has 1 fully saturated rings. The van der Waals surface area contributed by atoms with Crippen molar-refractivity contribution in [2.75, 3.05) is 40.4 Å². The molecule has 1 aliphatic rings. The van der Waals surface area contributed by atoms with E-state index >= 15 is 0 Å². The Balaban J connectivity index is 1.24. The third-order valence-electron chi connectivity index (χ3n) is 5.70. The maximum absolute atomic E-state index is 13.1. The summed E-state index contributed by atoms with van der Waals surface area (Å²) in [7, 11) is 3.25. The topological polar surface area (TPSA) is 80.9 Å². The highest BCUT2D eigenvalue weighted by Crippen LogP contribution is 2.28. The SMILES string of the molecule is COc1ccc(CN2CCN(C(=O)CCc3nc(-c4ccc(F)cc4)no3)CC2)cc1OC. The van der Waals surface area contributed by atoms with Crippen molar-refractivity contribution >= 4 is 5.91 Å². The number of piperazine rings is 1. The molecule has 0 saturated carbocycles. The van der Waals surface area contributed by atoms with Crippen LogP contribution in [-0.2, 0) is 17.8 Å². The van der Waals surface area contributed by atoms with Crippen LogP contribution in [0.25, 0.3) is 11.4 Å². The summed E-state index contributed by atoms with van der Waals surface area (Å²) in [4.78, 5) is 21.2. The molecule has 1 saturated heterocycles. The molecule has 0 spiro atoms. The van der Waals surface area contributed by atoms with Gasteiger partial charge in [0.15, 0.2) is 11.5 Å². The first-order chi connectivity index (χ1) is 16.1. The number of benzene rings is 2. The van der Waals surface area contributed by atoms with E-state index in [1.165, 1.54) is 12.1 Å². The Morgan fingerprint density at radius 1 is 1.03 bits per heavy atom. The summed E-state index contributed by atoms with van der Waals surface area (Å²) in [6.07, 6.45) is 0.680. The normalized spacial score (nSPS) is 14.3. The molecule has 0 N–H and O–H groups in total. The standard InChI is InChI=1S/C24H27FN4O4/c1-31-20-8-3-17(15-21(20)32-2)16-28-11-13-29(14-12-28)23(30)10-9-22-26-24(27-33-22)18-4-6-19(25)7-5-18/h3-8,15H,9-14,16H2,1-2H3. The highest BCUT2D eigenvalue weighted by atomic mass is 19.1. The minimum atomic E-state index is -0.322. The zero-order valence-corrected chi connectivity index (χ0v) is 18.8.